The largest absolute Gasteiger partial charge is 0.496 e. The number of carbonyl (C=O) groups is 2. The van der Waals surface area contributed by atoms with E-state index in [2.05, 4.69) is 38.0 Å². The molecular formula is C39H41Cl2N5O4. The van der Waals surface area contributed by atoms with E-state index in [1.807, 2.05) is 42.5 Å². The molecule has 0 saturated carbocycles. The highest BCUT2D eigenvalue weighted by atomic mass is 35.5. The topological polar surface area (TPSA) is 105 Å². The molecule has 3 aliphatic heterocycles. The van der Waals surface area contributed by atoms with Crippen LogP contribution in [-0.4, -0.2) is 67.6 Å². The van der Waals surface area contributed by atoms with E-state index in [4.69, 9.17) is 32.7 Å². The molecular weight excluding hydrogens is 673 g/mol. The van der Waals surface area contributed by atoms with Gasteiger partial charge < -0.3 is 25.4 Å². The van der Waals surface area contributed by atoms with Crippen molar-refractivity contribution in [1.29, 1.82) is 0 Å². The van der Waals surface area contributed by atoms with Gasteiger partial charge >= 0.3 is 0 Å². The monoisotopic (exact) mass is 713 g/mol. The lowest BCUT2D eigenvalue weighted by Crippen LogP contribution is -2.41. The van der Waals surface area contributed by atoms with Crippen molar-refractivity contribution in [3.63, 3.8) is 0 Å². The van der Waals surface area contributed by atoms with E-state index in [0.717, 1.165) is 83.8 Å². The third kappa shape index (κ3) is 7.19. The summed E-state index contributed by atoms with van der Waals surface area (Å²) in [6.45, 7) is 3.83. The molecule has 3 aromatic carbocycles. The molecule has 50 heavy (non-hydrogen) atoms. The Morgan fingerprint density at radius 1 is 0.840 bits per heavy atom. The average molecular weight is 715 g/mol. The van der Waals surface area contributed by atoms with E-state index in [9.17, 15) is 9.59 Å². The van der Waals surface area contributed by atoms with Crippen LogP contribution in [0.4, 0.5) is 0 Å². The minimum absolute atomic E-state index is 0.109. The van der Waals surface area contributed by atoms with Gasteiger partial charge in [0.15, 0.2) is 0 Å². The molecule has 2 atom stereocenters. The first kappa shape index (κ1) is 34.3. The van der Waals surface area contributed by atoms with Gasteiger partial charge in [-0.15, -0.1) is 0 Å². The Morgan fingerprint density at radius 2 is 1.56 bits per heavy atom. The number of pyridine rings is 1. The molecule has 3 N–H and O–H groups in total. The standard InChI is InChI=1S/C39H41Cl2N5O4/c1-49-33-17-24(6-7-25(33)19-42-20-27-8-10-35(47)44-27)39-38(41)31(12-14-43-39)30-5-3-4-29(37(30)40)26-16-23-13-15-46(21-28-9-11-36(48)45-28)22-32(23)34(18-26)50-2/h3-7,12,14,16-18,27-28,42H,8-11,13,15,19-22H2,1-2H3,(H,44,47)(H,45,48). The molecule has 2 amide bonds. The number of hydrogen-bond donors (Lipinski definition) is 3. The molecule has 9 nitrogen and oxygen atoms in total. The Bertz CT molecular complexity index is 1920. The van der Waals surface area contributed by atoms with Crippen LogP contribution in [0.25, 0.3) is 33.5 Å². The van der Waals surface area contributed by atoms with Crippen molar-refractivity contribution >= 4 is 35.0 Å². The van der Waals surface area contributed by atoms with Crippen LogP contribution in [-0.2, 0) is 29.1 Å². The van der Waals surface area contributed by atoms with Gasteiger partial charge in [0.25, 0.3) is 0 Å². The fourth-order valence-electron chi connectivity index (χ4n) is 7.37. The Kier molecular flexibility index (Phi) is 10.3. The lowest BCUT2D eigenvalue weighted by molar-refractivity contribution is -0.120. The highest BCUT2D eigenvalue weighted by Crippen LogP contribution is 2.44. The SMILES string of the molecule is COc1cc(-c2nccc(-c3cccc(-c4cc5c(c(OC)c4)CN(CC4CCC(=O)N4)CC5)c3Cl)c2Cl)ccc1CNCC1CCC(=O)N1. The summed E-state index contributed by atoms with van der Waals surface area (Å²) in [6, 6.07) is 18.5. The first-order valence-electron chi connectivity index (χ1n) is 17.1. The van der Waals surface area contributed by atoms with Crippen molar-refractivity contribution in [3.05, 3.63) is 87.5 Å². The van der Waals surface area contributed by atoms with Crippen LogP contribution in [0.5, 0.6) is 11.5 Å². The molecule has 260 valence electrons. The van der Waals surface area contributed by atoms with Gasteiger partial charge in [-0.2, -0.15) is 0 Å². The quantitative estimate of drug-likeness (QED) is 0.165. The van der Waals surface area contributed by atoms with E-state index < -0.39 is 0 Å². The third-order valence-corrected chi connectivity index (χ3v) is 10.8. The summed E-state index contributed by atoms with van der Waals surface area (Å²) >= 11 is 14.3. The van der Waals surface area contributed by atoms with Gasteiger partial charge in [0.2, 0.25) is 11.8 Å². The van der Waals surface area contributed by atoms with Crippen LogP contribution in [0, 0.1) is 0 Å². The van der Waals surface area contributed by atoms with Crippen LogP contribution in [0.2, 0.25) is 10.0 Å². The number of hydrogen-bond acceptors (Lipinski definition) is 7. The van der Waals surface area contributed by atoms with Gasteiger partial charge in [0, 0.05) is 97.2 Å². The third-order valence-electron chi connectivity index (χ3n) is 10.0. The summed E-state index contributed by atoms with van der Waals surface area (Å²) in [5.41, 5.74) is 8.36. The number of rotatable bonds is 11. The zero-order valence-corrected chi connectivity index (χ0v) is 29.8. The van der Waals surface area contributed by atoms with Crippen molar-refractivity contribution in [2.45, 2.75) is 57.3 Å². The summed E-state index contributed by atoms with van der Waals surface area (Å²) in [5.74, 6) is 1.81. The summed E-state index contributed by atoms with van der Waals surface area (Å²) in [6.07, 6.45) is 5.56. The smallest absolute Gasteiger partial charge is 0.220 e. The second kappa shape index (κ2) is 15.0. The van der Waals surface area contributed by atoms with Gasteiger partial charge in [0.1, 0.15) is 11.5 Å². The van der Waals surface area contributed by atoms with E-state index in [1.54, 1.807) is 20.4 Å². The number of fused-ring (bicyclic) bond motifs is 1. The highest BCUT2D eigenvalue weighted by molar-refractivity contribution is 6.39. The second-order valence-corrected chi connectivity index (χ2v) is 14.0. The average Bonchev–Trinajstić information content (AvgIpc) is 3.74. The lowest BCUT2D eigenvalue weighted by atomic mass is 9.92. The Morgan fingerprint density at radius 3 is 2.30 bits per heavy atom. The first-order valence-corrected chi connectivity index (χ1v) is 17.9. The molecule has 2 unspecified atom stereocenters. The Labute approximate surface area is 302 Å². The van der Waals surface area contributed by atoms with E-state index in [-0.39, 0.29) is 23.9 Å². The van der Waals surface area contributed by atoms with Gasteiger partial charge in [0.05, 0.1) is 30.0 Å². The molecule has 7 rings (SSSR count). The normalized spacial score (nSPS) is 18.9. The second-order valence-electron chi connectivity index (χ2n) is 13.3. The zero-order valence-electron chi connectivity index (χ0n) is 28.3. The van der Waals surface area contributed by atoms with E-state index in [0.29, 0.717) is 41.7 Å². The molecule has 1 aromatic heterocycles. The van der Waals surface area contributed by atoms with Gasteiger partial charge in [-0.25, -0.2) is 0 Å². The molecule has 4 aromatic rings. The summed E-state index contributed by atoms with van der Waals surface area (Å²) in [4.78, 5) is 30.3. The lowest BCUT2D eigenvalue weighted by Gasteiger charge is -2.32. The summed E-state index contributed by atoms with van der Waals surface area (Å²) < 4.78 is 11.7. The van der Waals surface area contributed by atoms with Crippen molar-refractivity contribution in [2.24, 2.45) is 0 Å². The van der Waals surface area contributed by atoms with E-state index in [1.165, 1.54) is 11.1 Å². The number of ether oxygens (including phenoxy) is 2. The van der Waals surface area contributed by atoms with Gasteiger partial charge in [-0.3, -0.25) is 19.5 Å². The first-order chi connectivity index (χ1) is 24.3. The maximum absolute atomic E-state index is 11.7. The van der Waals surface area contributed by atoms with E-state index >= 15 is 0 Å². The van der Waals surface area contributed by atoms with Crippen molar-refractivity contribution in [1.82, 2.24) is 25.8 Å². The number of amides is 2. The number of aromatic nitrogens is 1. The molecule has 2 fully saturated rings. The zero-order chi connectivity index (χ0) is 34.8. The van der Waals surface area contributed by atoms with Crippen LogP contribution in [0.1, 0.15) is 42.4 Å². The predicted octanol–water partition coefficient (Wildman–Crippen LogP) is 6.41. The molecule has 0 bridgehead atoms. The van der Waals surface area contributed by atoms with Crippen LogP contribution < -0.4 is 25.4 Å². The van der Waals surface area contributed by atoms with Crippen LogP contribution in [0.15, 0.2) is 60.8 Å². The fraction of sp³-hybridized carbons (Fsp3) is 0.359. The Hall–Kier alpha value is -4.15. The Balaban J connectivity index is 1.13. The highest BCUT2D eigenvalue weighted by Gasteiger charge is 2.27. The molecule has 0 spiro atoms. The molecule has 3 aliphatic rings. The predicted molar refractivity (Wildman–Crippen MR) is 197 cm³/mol. The summed E-state index contributed by atoms with van der Waals surface area (Å²) in [7, 11) is 3.36. The van der Waals surface area contributed by atoms with Crippen molar-refractivity contribution in [2.75, 3.05) is 33.9 Å². The molecule has 4 heterocycles. The minimum Gasteiger partial charge on any atom is -0.496 e. The molecule has 2 saturated heterocycles. The number of nitrogens with zero attached hydrogens (tertiary/aromatic N) is 2. The van der Waals surface area contributed by atoms with Crippen molar-refractivity contribution < 1.29 is 19.1 Å². The number of nitrogens with one attached hydrogen (secondary N) is 3. The number of benzene rings is 3. The van der Waals surface area contributed by atoms with Crippen LogP contribution in [0.3, 0.4) is 0 Å². The maximum atomic E-state index is 11.7. The van der Waals surface area contributed by atoms with Gasteiger partial charge in [-0.1, -0.05) is 59.6 Å². The number of carbonyl (C=O) groups excluding carboxylic acids is 2. The maximum Gasteiger partial charge on any atom is 0.220 e. The molecule has 0 aliphatic carbocycles. The number of methoxy groups -OCH3 is 2. The van der Waals surface area contributed by atoms with Crippen LogP contribution >= 0.6 is 23.2 Å². The number of halogens is 2. The molecule has 0 radical (unpaired) electrons. The van der Waals surface area contributed by atoms with Gasteiger partial charge in [-0.05, 0) is 48.6 Å². The van der Waals surface area contributed by atoms with Crippen molar-refractivity contribution in [3.8, 4) is 45.0 Å². The summed E-state index contributed by atoms with van der Waals surface area (Å²) in [5, 5.41) is 10.6. The fourth-order valence-corrected chi connectivity index (χ4v) is 8.03. The molecule has 11 heteroatoms. The minimum atomic E-state index is 0.109.